The van der Waals surface area contributed by atoms with E-state index in [0.29, 0.717) is 35.3 Å². The van der Waals surface area contributed by atoms with Crippen LogP contribution in [-0.4, -0.2) is 25.1 Å². The molecule has 140 valence electrons. The minimum absolute atomic E-state index is 0.200. The number of esters is 1. The van der Waals surface area contributed by atoms with Gasteiger partial charge in [-0.2, -0.15) is 0 Å². The van der Waals surface area contributed by atoms with Gasteiger partial charge in [0.25, 0.3) is 0 Å². The van der Waals surface area contributed by atoms with Crippen molar-refractivity contribution in [3.05, 3.63) is 61.8 Å². The normalized spacial score (nSPS) is 14.9. The van der Waals surface area contributed by atoms with E-state index >= 15 is 0 Å². The molecular weight excluding hydrogens is 481 g/mol. The van der Waals surface area contributed by atoms with Gasteiger partial charge in [0, 0.05) is 9.13 Å². The van der Waals surface area contributed by atoms with Gasteiger partial charge >= 0.3 is 5.97 Å². The third kappa shape index (κ3) is 4.62. The lowest BCUT2D eigenvalue weighted by Crippen LogP contribution is -2.05. The lowest BCUT2D eigenvalue weighted by atomic mass is 10.1. The molecule has 0 unspecified atom stereocenters. The molecule has 5 nitrogen and oxygen atoms in total. The Hall–Kier alpha value is -2.06. The number of halogens is 2. The van der Waals surface area contributed by atoms with Gasteiger partial charge in [-0.1, -0.05) is 11.6 Å². The van der Waals surface area contributed by atoms with Crippen molar-refractivity contribution >= 4 is 52.1 Å². The first kappa shape index (κ1) is 19.7. The van der Waals surface area contributed by atoms with Crippen molar-refractivity contribution in [3.8, 4) is 11.5 Å². The van der Waals surface area contributed by atoms with Gasteiger partial charge in [0.2, 0.25) is 5.90 Å². The molecule has 0 fully saturated rings. The number of rotatable bonds is 6. The van der Waals surface area contributed by atoms with E-state index in [1.165, 1.54) is 0 Å². The second-order valence-corrected chi connectivity index (χ2v) is 7.19. The van der Waals surface area contributed by atoms with Gasteiger partial charge in [0.1, 0.15) is 0 Å². The number of hydrogen-bond donors (Lipinski definition) is 0. The van der Waals surface area contributed by atoms with Crippen molar-refractivity contribution in [1.29, 1.82) is 0 Å². The summed E-state index contributed by atoms with van der Waals surface area (Å²) in [4.78, 5) is 16.5. The SMILES string of the molecule is CCOc1cc(/C=C2\N=C(c3ccc(I)cc3)OC2=O)cc(Cl)c1OCC. The van der Waals surface area contributed by atoms with Crippen LogP contribution in [0.3, 0.4) is 0 Å². The van der Waals surface area contributed by atoms with Crippen LogP contribution in [0, 0.1) is 3.57 Å². The molecule has 0 bridgehead atoms. The Morgan fingerprint density at radius 1 is 1.15 bits per heavy atom. The summed E-state index contributed by atoms with van der Waals surface area (Å²) in [6.45, 7) is 4.68. The summed E-state index contributed by atoms with van der Waals surface area (Å²) >= 11 is 8.53. The third-order valence-electron chi connectivity index (χ3n) is 3.64. The van der Waals surface area contributed by atoms with Crippen molar-refractivity contribution in [2.75, 3.05) is 13.2 Å². The summed E-state index contributed by atoms with van der Waals surface area (Å²) in [5.74, 6) is 0.781. The van der Waals surface area contributed by atoms with Gasteiger partial charge < -0.3 is 14.2 Å². The lowest BCUT2D eigenvalue weighted by molar-refractivity contribution is -0.129. The predicted molar refractivity (Wildman–Crippen MR) is 114 cm³/mol. The summed E-state index contributed by atoms with van der Waals surface area (Å²) in [5.41, 5.74) is 1.62. The van der Waals surface area contributed by atoms with Crippen molar-refractivity contribution in [2.24, 2.45) is 4.99 Å². The number of cyclic esters (lactones) is 1. The number of carbonyl (C=O) groups excluding carboxylic acids is 1. The Bertz CT molecular complexity index is 922. The maximum atomic E-state index is 12.2. The van der Waals surface area contributed by atoms with Crippen LogP contribution >= 0.6 is 34.2 Å². The van der Waals surface area contributed by atoms with Gasteiger partial charge in [0.05, 0.1) is 18.2 Å². The topological polar surface area (TPSA) is 57.1 Å². The molecule has 0 saturated carbocycles. The van der Waals surface area contributed by atoms with Crippen LogP contribution < -0.4 is 9.47 Å². The summed E-state index contributed by atoms with van der Waals surface area (Å²) < 4.78 is 17.5. The summed E-state index contributed by atoms with van der Waals surface area (Å²) in [5, 5.41) is 0.405. The number of nitrogens with zero attached hydrogens (tertiary/aromatic N) is 1. The number of aliphatic imine (C=N–C) groups is 1. The molecule has 27 heavy (non-hydrogen) atoms. The lowest BCUT2D eigenvalue weighted by Gasteiger charge is -2.13. The molecule has 1 heterocycles. The molecule has 0 amide bonds. The average Bonchev–Trinajstić information content (AvgIpc) is 2.99. The molecule has 0 spiro atoms. The van der Waals surface area contributed by atoms with E-state index in [1.54, 1.807) is 18.2 Å². The maximum absolute atomic E-state index is 12.2. The minimum Gasteiger partial charge on any atom is -0.490 e. The number of ether oxygens (including phenoxy) is 3. The smallest absolute Gasteiger partial charge is 0.363 e. The van der Waals surface area contributed by atoms with Gasteiger partial charge in [-0.15, -0.1) is 0 Å². The zero-order valence-electron chi connectivity index (χ0n) is 14.8. The van der Waals surface area contributed by atoms with Crippen LogP contribution in [0.1, 0.15) is 25.0 Å². The molecule has 0 aromatic heterocycles. The van der Waals surface area contributed by atoms with Crippen molar-refractivity contribution in [3.63, 3.8) is 0 Å². The van der Waals surface area contributed by atoms with Gasteiger partial charge in [0.15, 0.2) is 17.2 Å². The van der Waals surface area contributed by atoms with Crippen molar-refractivity contribution in [1.82, 2.24) is 0 Å². The van der Waals surface area contributed by atoms with E-state index in [2.05, 4.69) is 27.6 Å². The molecule has 0 saturated heterocycles. The van der Waals surface area contributed by atoms with Crippen LogP contribution in [-0.2, 0) is 9.53 Å². The Morgan fingerprint density at radius 2 is 1.85 bits per heavy atom. The second kappa shape index (κ2) is 8.75. The Balaban J connectivity index is 1.95. The molecule has 0 N–H and O–H groups in total. The van der Waals surface area contributed by atoms with E-state index in [9.17, 15) is 4.79 Å². The molecule has 0 atom stereocenters. The second-order valence-electron chi connectivity index (χ2n) is 5.54. The fourth-order valence-electron chi connectivity index (χ4n) is 2.50. The van der Waals surface area contributed by atoms with E-state index < -0.39 is 5.97 Å². The highest BCUT2D eigenvalue weighted by atomic mass is 127. The third-order valence-corrected chi connectivity index (χ3v) is 4.64. The van der Waals surface area contributed by atoms with Gasteiger partial charge in [-0.25, -0.2) is 9.79 Å². The average molecular weight is 498 g/mol. The molecule has 7 heteroatoms. The molecule has 2 aromatic carbocycles. The van der Waals surface area contributed by atoms with Crippen LogP contribution in [0.25, 0.3) is 6.08 Å². The van der Waals surface area contributed by atoms with Crippen molar-refractivity contribution < 1.29 is 19.0 Å². The Morgan fingerprint density at radius 3 is 2.52 bits per heavy atom. The molecule has 1 aliphatic heterocycles. The molecule has 0 aliphatic carbocycles. The monoisotopic (exact) mass is 497 g/mol. The molecule has 1 aliphatic rings. The Labute approximate surface area is 176 Å². The zero-order chi connectivity index (χ0) is 19.4. The number of hydrogen-bond acceptors (Lipinski definition) is 5. The van der Waals surface area contributed by atoms with Gasteiger partial charge in [-0.3, -0.25) is 0 Å². The fraction of sp³-hybridized carbons (Fsp3) is 0.200. The summed E-state index contributed by atoms with van der Waals surface area (Å²) in [6.07, 6.45) is 1.62. The van der Waals surface area contributed by atoms with Crippen molar-refractivity contribution in [2.45, 2.75) is 13.8 Å². The summed E-state index contributed by atoms with van der Waals surface area (Å²) in [7, 11) is 0. The van der Waals surface area contributed by atoms with Crippen LogP contribution in [0.5, 0.6) is 11.5 Å². The number of benzene rings is 2. The van der Waals surface area contributed by atoms with E-state index in [0.717, 1.165) is 9.13 Å². The zero-order valence-corrected chi connectivity index (χ0v) is 17.7. The highest BCUT2D eigenvalue weighted by molar-refractivity contribution is 14.1. The fourth-order valence-corrected chi connectivity index (χ4v) is 3.13. The first-order valence-corrected chi connectivity index (χ1v) is 9.85. The quantitative estimate of drug-likeness (QED) is 0.317. The molecular formula is C20H17ClINO4. The van der Waals surface area contributed by atoms with Crippen LogP contribution in [0.15, 0.2) is 47.1 Å². The Kier molecular flexibility index (Phi) is 6.38. The highest BCUT2D eigenvalue weighted by Gasteiger charge is 2.24. The largest absolute Gasteiger partial charge is 0.490 e. The van der Waals surface area contributed by atoms with Crippen LogP contribution in [0.2, 0.25) is 5.02 Å². The van der Waals surface area contributed by atoms with E-state index in [-0.39, 0.29) is 11.6 Å². The summed E-state index contributed by atoms with van der Waals surface area (Å²) in [6, 6.07) is 11.0. The minimum atomic E-state index is -0.508. The standard InChI is InChI=1S/C20H17ClINO4/c1-3-25-17-11-12(9-15(21)18(17)26-4-2)10-16-20(24)27-19(23-16)13-5-7-14(22)8-6-13/h5-11H,3-4H2,1-2H3/b16-10-. The highest BCUT2D eigenvalue weighted by Crippen LogP contribution is 2.37. The maximum Gasteiger partial charge on any atom is 0.363 e. The van der Waals surface area contributed by atoms with E-state index in [4.69, 9.17) is 25.8 Å². The predicted octanol–water partition coefficient (Wildman–Crippen LogP) is 5.09. The first-order valence-electron chi connectivity index (χ1n) is 8.39. The molecule has 0 radical (unpaired) electrons. The number of carbonyl (C=O) groups is 1. The van der Waals surface area contributed by atoms with E-state index in [1.807, 2.05) is 38.1 Å². The first-order chi connectivity index (χ1) is 13.0. The molecule has 2 aromatic rings. The van der Waals surface area contributed by atoms with Crippen LogP contribution in [0.4, 0.5) is 0 Å². The van der Waals surface area contributed by atoms with Gasteiger partial charge in [-0.05, 0) is 84.5 Å². The molecule has 3 rings (SSSR count).